The van der Waals surface area contributed by atoms with E-state index in [-0.39, 0.29) is 41.7 Å². The minimum Gasteiger partial charge on any atom is -0.356 e. The highest BCUT2D eigenvalue weighted by molar-refractivity contribution is 14.0. The zero-order chi connectivity index (χ0) is 19.1. The molecular weight excluding hydrogens is 474 g/mol. The van der Waals surface area contributed by atoms with Crippen LogP contribution in [0.3, 0.4) is 0 Å². The molecule has 2 aliphatic rings. The molecule has 1 saturated heterocycles. The Morgan fingerprint density at radius 3 is 2.79 bits per heavy atom. The molecule has 0 spiro atoms. The van der Waals surface area contributed by atoms with Crippen molar-refractivity contribution in [3.63, 3.8) is 0 Å². The largest absolute Gasteiger partial charge is 0.356 e. The van der Waals surface area contributed by atoms with Crippen LogP contribution in [0.5, 0.6) is 0 Å². The van der Waals surface area contributed by atoms with E-state index in [1.807, 2.05) is 4.90 Å². The van der Waals surface area contributed by atoms with E-state index in [0.717, 1.165) is 25.8 Å². The second-order valence-corrected chi connectivity index (χ2v) is 7.18. The summed E-state index contributed by atoms with van der Waals surface area (Å²) in [5, 5.41) is 9.62. The maximum atomic E-state index is 13.9. The molecule has 3 N–H and O–H groups in total. The molecule has 3 rings (SSSR count). The molecular formula is C19H30FIN6O. The number of guanidine groups is 1. The Morgan fingerprint density at radius 2 is 2.07 bits per heavy atom. The summed E-state index contributed by atoms with van der Waals surface area (Å²) >= 11 is 0. The quantitative estimate of drug-likeness (QED) is 0.314. The van der Waals surface area contributed by atoms with E-state index in [4.69, 9.17) is 0 Å². The van der Waals surface area contributed by atoms with E-state index in [1.165, 1.54) is 18.9 Å². The van der Waals surface area contributed by atoms with Gasteiger partial charge in [0.25, 0.3) is 0 Å². The van der Waals surface area contributed by atoms with Crippen molar-refractivity contribution >= 4 is 41.7 Å². The van der Waals surface area contributed by atoms with E-state index in [9.17, 15) is 9.18 Å². The van der Waals surface area contributed by atoms with Gasteiger partial charge < -0.3 is 20.9 Å². The number of nitrogens with one attached hydrogen (secondary N) is 3. The zero-order valence-electron chi connectivity index (χ0n) is 16.3. The molecule has 1 amide bonds. The third kappa shape index (κ3) is 6.46. The molecule has 1 saturated carbocycles. The maximum absolute atomic E-state index is 13.9. The van der Waals surface area contributed by atoms with Gasteiger partial charge in [-0.25, -0.2) is 9.37 Å². The lowest BCUT2D eigenvalue weighted by molar-refractivity contribution is -0.121. The van der Waals surface area contributed by atoms with Crippen molar-refractivity contribution in [2.45, 2.75) is 50.6 Å². The number of carbonyl (C=O) groups is 1. The van der Waals surface area contributed by atoms with E-state index >= 15 is 0 Å². The number of nitrogens with zero attached hydrogens (tertiary/aromatic N) is 3. The number of halogens is 2. The number of anilines is 1. The van der Waals surface area contributed by atoms with Crippen molar-refractivity contribution in [1.29, 1.82) is 0 Å². The number of carbonyl (C=O) groups excluding carboxylic acids is 1. The molecule has 1 unspecified atom stereocenters. The lowest BCUT2D eigenvalue weighted by Gasteiger charge is -2.20. The summed E-state index contributed by atoms with van der Waals surface area (Å²) in [4.78, 5) is 22.3. The van der Waals surface area contributed by atoms with Gasteiger partial charge in [-0.2, -0.15) is 0 Å². The van der Waals surface area contributed by atoms with Crippen molar-refractivity contribution in [2.75, 3.05) is 31.6 Å². The number of aromatic nitrogens is 1. The molecule has 156 valence electrons. The molecule has 0 aromatic carbocycles. The van der Waals surface area contributed by atoms with Crippen molar-refractivity contribution in [2.24, 2.45) is 4.99 Å². The highest BCUT2D eigenvalue weighted by Crippen LogP contribution is 2.20. The van der Waals surface area contributed by atoms with Gasteiger partial charge in [0.15, 0.2) is 17.6 Å². The predicted molar refractivity (Wildman–Crippen MR) is 120 cm³/mol. The number of amides is 1. The summed E-state index contributed by atoms with van der Waals surface area (Å²) in [7, 11) is 1.71. The molecule has 1 aliphatic carbocycles. The summed E-state index contributed by atoms with van der Waals surface area (Å²) in [6, 6.07) is 3.54. The van der Waals surface area contributed by atoms with E-state index < -0.39 is 0 Å². The van der Waals surface area contributed by atoms with Crippen LogP contribution in [-0.4, -0.2) is 55.6 Å². The van der Waals surface area contributed by atoms with Crippen LogP contribution in [0.2, 0.25) is 0 Å². The van der Waals surface area contributed by atoms with Gasteiger partial charge in [-0.05, 0) is 31.4 Å². The van der Waals surface area contributed by atoms with Crippen LogP contribution in [0.25, 0.3) is 0 Å². The molecule has 0 bridgehead atoms. The van der Waals surface area contributed by atoms with Gasteiger partial charge in [-0.1, -0.05) is 12.8 Å². The van der Waals surface area contributed by atoms with Crippen LogP contribution in [0, 0.1) is 5.82 Å². The van der Waals surface area contributed by atoms with Gasteiger partial charge in [-0.3, -0.25) is 9.79 Å². The highest BCUT2D eigenvalue weighted by Gasteiger charge is 2.26. The second-order valence-electron chi connectivity index (χ2n) is 7.18. The van der Waals surface area contributed by atoms with Crippen molar-refractivity contribution < 1.29 is 9.18 Å². The first-order chi connectivity index (χ1) is 13.2. The second kappa shape index (κ2) is 11.4. The lowest BCUT2D eigenvalue weighted by Crippen LogP contribution is -2.45. The van der Waals surface area contributed by atoms with E-state index in [0.29, 0.717) is 37.3 Å². The maximum Gasteiger partial charge on any atom is 0.221 e. The standard InChI is InChI=1S/C19H29FN6O.HI/c1-21-19(23-11-8-17(27)24-14-5-2-3-6-14)25-15-9-12-26(13-15)18-16(20)7-4-10-22-18;/h4,7,10,14-15H,2-3,5-6,8-9,11-13H2,1H3,(H,24,27)(H2,21,23,25);1H. The zero-order valence-corrected chi connectivity index (χ0v) is 18.6. The van der Waals surface area contributed by atoms with Crippen LogP contribution in [0.1, 0.15) is 38.5 Å². The summed E-state index contributed by atoms with van der Waals surface area (Å²) in [6.45, 7) is 1.94. The van der Waals surface area contributed by atoms with Crippen LogP contribution in [-0.2, 0) is 4.79 Å². The Balaban J connectivity index is 0.00000280. The smallest absolute Gasteiger partial charge is 0.221 e. The molecule has 28 heavy (non-hydrogen) atoms. The molecule has 9 heteroatoms. The van der Waals surface area contributed by atoms with Gasteiger partial charge in [-0.15, -0.1) is 24.0 Å². The topological polar surface area (TPSA) is 81.6 Å². The molecule has 7 nitrogen and oxygen atoms in total. The first-order valence-corrected chi connectivity index (χ1v) is 9.77. The number of rotatable bonds is 6. The Morgan fingerprint density at radius 1 is 1.29 bits per heavy atom. The average Bonchev–Trinajstić information content (AvgIpc) is 3.33. The van der Waals surface area contributed by atoms with Crippen LogP contribution < -0.4 is 20.9 Å². The SMILES string of the molecule is CN=C(NCCC(=O)NC1CCCC1)NC1CCN(c2ncccc2F)C1.I. The predicted octanol–water partition coefficient (Wildman–Crippen LogP) is 2.03. The molecule has 1 atom stereocenters. The minimum atomic E-state index is -0.297. The molecule has 0 radical (unpaired) electrons. The summed E-state index contributed by atoms with van der Waals surface area (Å²) in [6.07, 6.45) is 7.51. The Hall–Kier alpha value is -1.65. The minimum absolute atomic E-state index is 0. The molecule has 2 fully saturated rings. The molecule has 1 aromatic rings. The van der Waals surface area contributed by atoms with Crippen molar-refractivity contribution in [3.8, 4) is 0 Å². The van der Waals surface area contributed by atoms with Crippen molar-refractivity contribution in [1.82, 2.24) is 20.9 Å². The normalized spacial score (nSPS) is 20.0. The number of aliphatic imine (C=N–C) groups is 1. The fraction of sp³-hybridized carbons (Fsp3) is 0.632. The van der Waals surface area contributed by atoms with E-state index in [1.54, 1.807) is 19.3 Å². The van der Waals surface area contributed by atoms with Crippen LogP contribution in [0.4, 0.5) is 10.2 Å². The molecule has 1 aromatic heterocycles. The Bertz CT molecular complexity index is 668. The first kappa shape index (κ1) is 22.6. The fourth-order valence-corrected chi connectivity index (χ4v) is 3.73. The van der Waals surface area contributed by atoms with Gasteiger partial charge in [0.05, 0.1) is 0 Å². The van der Waals surface area contributed by atoms with Gasteiger partial charge in [0.2, 0.25) is 5.91 Å². The van der Waals surface area contributed by atoms with Crippen LogP contribution >= 0.6 is 24.0 Å². The summed E-state index contributed by atoms with van der Waals surface area (Å²) < 4.78 is 13.9. The number of pyridine rings is 1. The number of hydrogen-bond donors (Lipinski definition) is 3. The summed E-state index contributed by atoms with van der Waals surface area (Å²) in [5.74, 6) is 0.849. The molecule has 1 aliphatic heterocycles. The summed E-state index contributed by atoms with van der Waals surface area (Å²) in [5.41, 5.74) is 0. The Kier molecular flexibility index (Phi) is 9.20. The fourth-order valence-electron chi connectivity index (χ4n) is 3.73. The molecule has 2 heterocycles. The first-order valence-electron chi connectivity index (χ1n) is 9.77. The lowest BCUT2D eigenvalue weighted by atomic mass is 10.2. The van der Waals surface area contributed by atoms with Gasteiger partial charge in [0, 0.05) is 51.4 Å². The van der Waals surface area contributed by atoms with Crippen molar-refractivity contribution in [3.05, 3.63) is 24.1 Å². The van der Waals surface area contributed by atoms with Crippen LogP contribution in [0.15, 0.2) is 23.3 Å². The number of hydrogen-bond acceptors (Lipinski definition) is 4. The average molecular weight is 504 g/mol. The third-order valence-electron chi connectivity index (χ3n) is 5.16. The van der Waals surface area contributed by atoms with E-state index in [2.05, 4.69) is 25.9 Å². The highest BCUT2D eigenvalue weighted by atomic mass is 127. The van der Waals surface area contributed by atoms with Gasteiger partial charge in [0.1, 0.15) is 0 Å². The Labute approximate surface area is 183 Å². The van der Waals surface area contributed by atoms with Gasteiger partial charge >= 0.3 is 0 Å². The third-order valence-corrected chi connectivity index (χ3v) is 5.16. The monoisotopic (exact) mass is 504 g/mol.